The molecule has 2 amide bonds. The maximum Gasteiger partial charge on any atom is 0.435 e. The summed E-state index contributed by atoms with van der Waals surface area (Å²) < 4.78 is 69.5. The summed E-state index contributed by atoms with van der Waals surface area (Å²) in [5, 5.41) is 18.4. The summed E-state index contributed by atoms with van der Waals surface area (Å²) in [7, 11) is 0. The number of ether oxygens (including phenoxy) is 1. The molecule has 15 heteroatoms. The van der Waals surface area contributed by atoms with Crippen LogP contribution in [0.3, 0.4) is 0 Å². The summed E-state index contributed by atoms with van der Waals surface area (Å²) in [6.45, 7) is 3.50. The molecular weight excluding hydrogens is 501 g/mol. The van der Waals surface area contributed by atoms with Crippen LogP contribution in [0.2, 0.25) is 5.15 Å². The van der Waals surface area contributed by atoms with Crippen LogP contribution in [0.15, 0.2) is 12.1 Å². The van der Waals surface area contributed by atoms with Gasteiger partial charge in [0.05, 0.1) is 29.2 Å². The molecule has 0 aromatic carbocycles. The number of aryl methyl sites for hydroxylation is 2. The number of pyridine rings is 1. The predicted octanol–water partition coefficient (Wildman–Crippen LogP) is 4.82. The van der Waals surface area contributed by atoms with Gasteiger partial charge in [-0.3, -0.25) is 5.10 Å². The van der Waals surface area contributed by atoms with Crippen LogP contribution in [-0.2, 0) is 12.7 Å². The van der Waals surface area contributed by atoms with E-state index < -0.39 is 30.9 Å². The zero-order chi connectivity index (χ0) is 25.9. The van der Waals surface area contributed by atoms with Gasteiger partial charge in [0.25, 0.3) is 6.43 Å². The van der Waals surface area contributed by atoms with Gasteiger partial charge in [-0.1, -0.05) is 11.6 Å². The molecule has 0 bridgehead atoms. The standard InChI is InChI=1S/C20H19ClF5N7O2/c1-8-4-11(31-32-16(8)15-10(3)30-33-17(15)20(24,25)26)6-27-19(34)28-12-5-13(21)29-18(9(12)2)35-7-14(22)23/h4-5,14H,6-7H2,1-3H3,(H,30,33)(H2,27,28,29,34). The van der Waals surface area contributed by atoms with Gasteiger partial charge in [0.2, 0.25) is 5.88 Å². The van der Waals surface area contributed by atoms with Crippen molar-refractivity contribution in [2.24, 2.45) is 0 Å². The van der Waals surface area contributed by atoms with E-state index in [1.54, 1.807) is 6.92 Å². The largest absolute Gasteiger partial charge is 0.471 e. The van der Waals surface area contributed by atoms with Gasteiger partial charge in [-0.15, -0.1) is 5.10 Å². The van der Waals surface area contributed by atoms with Crippen molar-refractivity contribution in [2.45, 2.75) is 39.9 Å². The first-order valence-electron chi connectivity index (χ1n) is 9.95. The van der Waals surface area contributed by atoms with Gasteiger partial charge >= 0.3 is 12.2 Å². The highest BCUT2D eigenvalue weighted by Crippen LogP contribution is 2.37. The maximum absolute atomic E-state index is 13.3. The molecule has 0 spiro atoms. The molecule has 0 aliphatic rings. The Kier molecular flexibility index (Phi) is 7.73. The molecule has 3 heterocycles. The summed E-state index contributed by atoms with van der Waals surface area (Å²) in [5.41, 5.74) is 0.0287. The lowest BCUT2D eigenvalue weighted by molar-refractivity contribution is -0.140. The minimum Gasteiger partial charge on any atom is -0.471 e. The average Bonchev–Trinajstić information content (AvgIpc) is 3.15. The van der Waals surface area contributed by atoms with Gasteiger partial charge in [0.15, 0.2) is 12.3 Å². The van der Waals surface area contributed by atoms with Gasteiger partial charge in [-0.25, -0.2) is 18.6 Å². The van der Waals surface area contributed by atoms with Crippen molar-refractivity contribution in [3.63, 3.8) is 0 Å². The highest BCUT2D eigenvalue weighted by atomic mass is 35.5. The number of rotatable bonds is 7. The molecular formula is C20H19ClF5N7O2. The SMILES string of the molecule is Cc1cc(CNC(=O)Nc2cc(Cl)nc(OCC(F)F)c2C)nnc1-c1c(C(F)(F)F)n[nH]c1C. The summed E-state index contributed by atoms with van der Waals surface area (Å²) in [5.74, 6) is -0.155. The van der Waals surface area contributed by atoms with Crippen molar-refractivity contribution in [3.8, 4) is 17.1 Å². The van der Waals surface area contributed by atoms with E-state index in [-0.39, 0.29) is 51.5 Å². The lowest BCUT2D eigenvalue weighted by Gasteiger charge is -2.14. The molecule has 0 saturated carbocycles. The Morgan fingerprint density at radius 1 is 1.20 bits per heavy atom. The fourth-order valence-corrected chi connectivity index (χ4v) is 3.29. The fourth-order valence-electron chi connectivity index (χ4n) is 3.10. The Balaban J connectivity index is 1.70. The van der Waals surface area contributed by atoms with Crippen LogP contribution in [0.5, 0.6) is 5.88 Å². The van der Waals surface area contributed by atoms with Gasteiger partial charge in [0.1, 0.15) is 5.15 Å². The van der Waals surface area contributed by atoms with Crippen LogP contribution in [0.25, 0.3) is 11.3 Å². The number of carbonyl (C=O) groups is 1. The third-order valence-electron chi connectivity index (χ3n) is 4.71. The molecule has 0 aliphatic heterocycles. The molecule has 3 aromatic rings. The van der Waals surface area contributed by atoms with Crippen LogP contribution in [0, 0.1) is 20.8 Å². The van der Waals surface area contributed by atoms with Crippen molar-refractivity contribution in [3.05, 3.63) is 45.5 Å². The number of anilines is 1. The molecule has 0 fully saturated rings. The second-order valence-corrected chi connectivity index (χ2v) is 7.76. The topological polar surface area (TPSA) is 118 Å². The number of carbonyl (C=O) groups excluding carboxylic acids is 1. The molecule has 188 valence electrons. The third kappa shape index (κ3) is 6.32. The van der Waals surface area contributed by atoms with E-state index in [4.69, 9.17) is 16.3 Å². The van der Waals surface area contributed by atoms with Gasteiger partial charge in [-0.2, -0.15) is 23.4 Å². The van der Waals surface area contributed by atoms with E-state index in [1.807, 2.05) is 0 Å². The molecule has 0 saturated heterocycles. The molecule has 0 radical (unpaired) electrons. The lowest BCUT2D eigenvalue weighted by Crippen LogP contribution is -2.29. The van der Waals surface area contributed by atoms with E-state index in [1.165, 1.54) is 26.0 Å². The minimum atomic E-state index is -4.68. The van der Waals surface area contributed by atoms with Crippen molar-refractivity contribution < 1.29 is 31.5 Å². The number of hydrogen-bond acceptors (Lipinski definition) is 6. The number of halogens is 6. The van der Waals surface area contributed by atoms with E-state index in [2.05, 4.69) is 36.0 Å². The van der Waals surface area contributed by atoms with Crippen LogP contribution < -0.4 is 15.4 Å². The van der Waals surface area contributed by atoms with E-state index >= 15 is 0 Å². The number of H-pyrrole nitrogens is 1. The molecule has 3 N–H and O–H groups in total. The smallest absolute Gasteiger partial charge is 0.435 e. The molecule has 3 aromatic heterocycles. The van der Waals surface area contributed by atoms with Crippen molar-refractivity contribution in [2.75, 3.05) is 11.9 Å². The molecule has 0 atom stereocenters. The number of alkyl halides is 5. The summed E-state index contributed by atoms with van der Waals surface area (Å²) in [6, 6.07) is 2.11. The number of nitrogens with one attached hydrogen (secondary N) is 3. The van der Waals surface area contributed by atoms with Crippen LogP contribution in [-0.4, -0.2) is 44.4 Å². The number of aromatic nitrogens is 5. The Bertz CT molecular complexity index is 1230. The Morgan fingerprint density at radius 3 is 2.54 bits per heavy atom. The number of aromatic amines is 1. The summed E-state index contributed by atoms with van der Waals surface area (Å²) in [6.07, 6.45) is -7.39. The third-order valence-corrected chi connectivity index (χ3v) is 4.90. The number of amides is 2. The number of urea groups is 1. The second-order valence-electron chi connectivity index (χ2n) is 7.37. The molecule has 9 nitrogen and oxygen atoms in total. The minimum absolute atomic E-state index is 0.00940. The van der Waals surface area contributed by atoms with Crippen molar-refractivity contribution in [1.29, 1.82) is 0 Å². The first-order chi connectivity index (χ1) is 16.4. The lowest BCUT2D eigenvalue weighted by atomic mass is 10.0. The van der Waals surface area contributed by atoms with Crippen LogP contribution in [0.1, 0.15) is 28.2 Å². The maximum atomic E-state index is 13.3. The Hall–Kier alpha value is -3.55. The second kappa shape index (κ2) is 10.4. The van der Waals surface area contributed by atoms with E-state index in [9.17, 15) is 26.7 Å². The first kappa shape index (κ1) is 26.1. The van der Waals surface area contributed by atoms with Gasteiger partial charge in [0, 0.05) is 11.3 Å². The zero-order valence-corrected chi connectivity index (χ0v) is 19.3. The molecule has 3 rings (SSSR count). The monoisotopic (exact) mass is 519 g/mol. The quantitative estimate of drug-likeness (QED) is 0.304. The number of hydrogen-bond donors (Lipinski definition) is 3. The highest BCUT2D eigenvalue weighted by Gasteiger charge is 2.38. The highest BCUT2D eigenvalue weighted by molar-refractivity contribution is 6.29. The Morgan fingerprint density at radius 2 is 1.91 bits per heavy atom. The van der Waals surface area contributed by atoms with E-state index in [0.717, 1.165) is 0 Å². The van der Waals surface area contributed by atoms with Crippen LogP contribution in [0.4, 0.5) is 32.4 Å². The average molecular weight is 520 g/mol. The number of nitrogens with zero attached hydrogens (tertiary/aromatic N) is 4. The van der Waals surface area contributed by atoms with Crippen LogP contribution >= 0.6 is 11.6 Å². The summed E-state index contributed by atoms with van der Waals surface area (Å²) >= 11 is 5.87. The van der Waals surface area contributed by atoms with Gasteiger partial charge < -0.3 is 15.4 Å². The van der Waals surface area contributed by atoms with Gasteiger partial charge in [-0.05, 0) is 38.5 Å². The molecule has 0 aliphatic carbocycles. The zero-order valence-electron chi connectivity index (χ0n) is 18.5. The van der Waals surface area contributed by atoms with Crippen molar-refractivity contribution in [1.82, 2.24) is 30.7 Å². The Labute approximate surface area is 200 Å². The molecule has 35 heavy (non-hydrogen) atoms. The fraction of sp³-hybridized carbons (Fsp3) is 0.350. The van der Waals surface area contributed by atoms with E-state index in [0.29, 0.717) is 5.56 Å². The first-order valence-corrected chi connectivity index (χ1v) is 10.3. The molecule has 0 unspecified atom stereocenters. The predicted molar refractivity (Wildman–Crippen MR) is 115 cm³/mol. The van der Waals surface area contributed by atoms with Crippen molar-refractivity contribution >= 4 is 23.3 Å². The summed E-state index contributed by atoms with van der Waals surface area (Å²) in [4.78, 5) is 16.1. The normalized spacial score (nSPS) is 11.6.